The van der Waals surface area contributed by atoms with Crippen molar-refractivity contribution in [1.82, 2.24) is 15.8 Å². The van der Waals surface area contributed by atoms with E-state index in [9.17, 15) is 19.2 Å². The van der Waals surface area contributed by atoms with E-state index in [1.165, 1.54) is 4.90 Å². The van der Waals surface area contributed by atoms with Crippen molar-refractivity contribution in [2.45, 2.75) is 35.4 Å². The Kier molecular flexibility index (Phi) is 6.67. The molecule has 2 bridgehead atoms. The molecular formula is C31H27Cl2N3O4. The van der Waals surface area contributed by atoms with Crippen LogP contribution in [0.1, 0.15) is 58.3 Å². The van der Waals surface area contributed by atoms with Crippen molar-refractivity contribution >= 4 is 46.8 Å². The highest BCUT2D eigenvalue weighted by molar-refractivity contribution is 6.36. The van der Waals surface area contributed by atoms with Crippen molar-refractivity contribution in [3.8, 4) is 0 Å². The summed E-state index contributed by atoms with van der Waals surface area (Å²) in [5, 5.41) is 0. The van der Waals surface area contributed by atoms with Gasteiger partial charge in [0.2, 0.25) is 17.7 Å². The normalized spacial score (nSPS) is 25.7. The molecule has 0 spiro atoms. The van der Waals surface area contributed by atoms with E-state index in [0.717, 1.165) is 22.3 Å². The maximum Gasteiger partial charge on any atom is 0.269 e. The Balaban J connectivity index is 1.10. The van der Waals surface area contributed by atoms with Crippen LogP contribution in [0.3, 0.4) is 0 Å². The van der Waals surface area contributed by atoms with Gasteiger partial charge in [-0.2, -0.15) is 0 Å². The topological polar surface area (TPSA) is 95.6 Å². The maximum atomic E-state index is 13.8. The molecule has 2 N–H and O–H groups in total. The van der Waals surface area contributed by atoms with Gasteiger partial charge in [0.1, 0.15) is 9.75 Å². The molecule has 1 saturated heterocycles. The van der Waals surface area contributed by atoms with Crippen LogP contribution >= 0.6 is 23.2 Å². The van der Waals surface area contributed by atoms with Gasteiger partial charge in [-0.15, -0.1) is 23.2 Å². The van der Waals surface area contributed by atoms with Gasteiger partial charge in [-0.25, -0.2) is 0 Å². The van der Waals surface area contributed by atoms with Crippen molar-refractivity contribution in [2.24, 2.45) is 11.8 Å². The second-order valence-corrected chi connectivity index (χ2v) is 11.7. The first-order valence-electron chi connectivity index (χ1n) is 13.4. The number of hydrazine groups is 1. The number of hydrogen-bond donors (Lipinski definition) is 2. The molecule has 0 unspecified atom stereocenters. The summed E-state index contributed by atoms with van der Waals surface area (Å²) in [4.78, 5) is 50.8. The Bertz CT molecular complexity index is 1400. The zero-order valence-corrected chi connectivity index (χ0v) is 23.0. The molecule has 0 radical (unpaired) electrons. The fourth-order valence-corrected chi connectivity index (χ4v) is 7.63. The average molecular weight is 576 g/mol. The van der Waals surface area contributed by atoms with Crippen molar-refractivity contribution in [3.05, 3.63) is 107 Å². The minimum Gasteiger partial charge on any atom is -0.282 e. The molecule has 2 atom stereocenters. The largest absolute Gasteiger partial charge is 0.282 e. The lowest BCUT2D eigenvalue weighted by Crippen LogP contribution is -2.57. The molecule has 0 saturated carbocycles. The van der Waals surface area contributed by atoms with E-state index in [0.29, 0.717) is 24.8 Å². The first-order valence-corrected chi connectivity index (χ1v) is 14.1. The first-order chi connectivity index (χ1) is 19.3. The third-order valence-electron chi connectivity index (χ3n) is 8.31. The van der Waals surface area contributed by atoms with Crippen LogP contribution in [0.25, 0.3) is 0 Å². The van der Waals surface area contributed by atoms with E-state index in [4.69, 9.17) is 23.2 Å². The Morgan fingerprint density at radius 3 is 1.65 bits per heavy atom. The number of rotatable bonds is 7. The summed E-state index contributed by atoms with van der Waals surface area (Å²) in [6.07, 6.45) is 1.88. The van der Waals surface area contributed by atoms with Gasteiger partial charge in [-0.05, 0) is 47.2 Å². The number of amides is 4. The van der Waals surface area contributed by atoms with Crippen LogP contribution in [-0.4, -0.2) is 35.1 Å². The Hall–Kier alpha value is -3.68. The number of carbonyl (C=O) groups is 4. The van der Waals surface area contributed by atoms with Crippen LogP contribution < -0.4 is 10.9 Å². The van der Waals surface area contributed by atoms with Gasteiger partial charge in [0.25, 0.3) is 5.91 Å². The van der Waals surface area contributed by atoms with E-state index in [1.54, 1.807) is 30.3 Å². The van der Waals surface area contributed by atoms with Crippen molar-refractivity contribution < 1.29 is 19.2 Å². The molecule has 3 aromatic rings. The summed E-state index contributed by atoms with van der Waals surface area (Å²) in [5.74, 6) is -2.93. The van der Waals surface area contributed by atoms with Gasteiger partial charge in [0.05, 0.1) is 11.8 Å². The fraction of sp³-hybridized carbons (Fsp3) is 0.290. The molecule has 204 valence electrons. The zero-order valence-electron chi connectivity index (χ0n) is 21.5. The van der Waals surface area contributed by atoms with Gasteiger partial charge in [-0.1, -0.05) is 73.2 Å². The molecule has 9 heteroatoms. The zero-order chi connectivity index (χ0) is 28.1. The van der Waals surface area contributed by atoms with Crippen molar-refractivity contribution in [2.75, 3.05) is 6.54 Å². The number of nitrogens with one attached hydrogen (secondary N) is 2. The number of imide groups is 1. The molecule has 0 aromatic heterocycles. The molecular weight excluding hydrogens is 549 g/mol. The van der Waals surface area contributed by atoms with Gasteiger partial charge < -0.3 is 0 Å². The molecule has 1 heterocycles. The quantitative estimate of drug-likeness (QED) is 0.186. The van der Waals surface area contributed by atoms with E-state index < -0.39 is 27.5 Å². The van der Waals surface area contributed by atoms with Crippen LogP contribution in [0.5, 0.6) is 0 Å². The number of alkyl halides is 2. The third-order valence-corrected chi connectivity index (χ3v) is 9.60. The molecule has 4 amide bonds. The molecule has 3 aliphatic carbocycles. The lowest BCUT2D eigenvalue weighted by Gasteiger charge is -2.54. The number of carbonyl (C=O) groups excluding carboxylic acids is 4. The number of unbranched alkanes of at least 4 members (excludes halogenated alkanes) is 2. The van der Waals surface area contributed by atoms with Crippen molar-refractivity contribution in [1.29, 1.82) is 0 Å². The number of benzene rings is 3. The lowest BCUT2D eigenvalue weighted by atomic mass is 9.54. The number of halogens is 2. The molecule has 3 aromatic carbocycles. The number of nitrogens with zero attached hydrogens (tertiary/aromatic N) is 1. The Labute approximate surface area is 241 Å². The van der Waals surface area contributed by atoms with Crippen molar-refractivity contribution in [3.63, 3.8) is 0 Å². The fourth-order valence-electron chi connectivity index (χ4n) is 6.53. The van der Waals surface area contributed by atoms with E-state index in [2.05, 4.69) is 10.9 Å². The molecule has 7 nitrogen and oxygen atoms in total. The van der Waals surface area contributed by atoms with Crippen LogP contribution in [0.4, 0.5) is 0 Å². The summed E-state index contributed by atoms with van der Waals surface area (Å²) < 4.78 is 0. The lowest BCUT2D eigenvalue weighted by molar-refractivity contribution is -0.140. The van der Waals surface area contributed by atoms with Gasteiger partial charge in [0, 0.05) is 18.5 Å². The van der Waals surface area contributed by atoms with Gasteiger partial charge >= 0.3 is 0 Å². The average Bonchev–Trinajstić information content (AvgIpc) is 3.25. The smallest absolute Gasteiger partial charge is 0.269 e. The molecule has 40 heavy (non-hydrogen) atoms. The van der Waals surface area contributed by atoms with Crippen LogP contribution in [0.15, 0.2) is 78.9 Å². The SMILES string of the molecule is O=C(CCCCCN1C(=O)[C@@H]2[C@H](C1=O)C1(Cl)c3ccccc3C2(Cl)c2ccccc21)NNC(=O)c1ccccc1. The Morgan fingerprint density at radius 1 is 0.675 bits per heavy atom. The predicted molar refractivity (Wildman–Crippen MR) is 150 cm³/mol. The van der Waals surface area contributed by atoms with Crippen LogP contribution in [0, 0.1) is 11.8 Å². The maximum absolute atomic E-state index is 13.8. The van der Waals surface area contributed by atoms with Crippen LogP contribution in [-0.2, 0) is 24.1 Å². The first kappa shape index (κ1) is 26.5. The molecule has 1 aliphatic heterocycles. The number of hydrogen-bond acceptors (Lipinski definition) is 4. The van der Waals surface area contributed by atoms with E-state index in [-0.39, 0.29) is 30.7 Å². The van der Waals surface area contributed by atoms with E-state index >= 15 is 0 Å². The summed E-state index contributed by atoms with van der Waals surface area (Å²) in [5.41, 5.74) is 8.37. The van der Waals surface area contributed by atoms with Gasteiger partial charge in [0.15, 0.2) is 0 Å². The van der Waals surface area contributed by atoms with Crippen LogP contribution in [0.2, 0.25) is 0 Å². The summed E-state index contributed by atoms with van der Waals surface area (Å²) >= 11 is 14.8. The summed E-state index contributed by atoms with van der Waals surface area (Å²) in [7, 11) is 0. The minimum absolute atomic E-state index is 0.197. The molecule has 4 aliphatic rings. The number of likely N-dealkylation sites (tertiary alicyclic amines) is 1. The second-order valence-electron chi connectivity index (χ2n) is 10.5. The monoisotopic (exact) mass is 575 g/mol. The molecule has 7 rings (SSSR count). The standard InChI is InChI=1S/C31H27Cl2N3O4/c32-30-20-13-6-7-14-21(20)31(33,23-16-9-8-15-22(23)30)26-25(30)28(39)36(29(26)40)18-10-2-5-17-24(37)34-35-27(38)19-11-3-1-4-12-19/h1,3-4,6-9,11-16,25-26H,2,5,10,17-18H2,(H,34,37)(H,35,38)/t25-,26+,30?,31?. The molecule has 1 fully saturated rings. The third kappa shape index (κ3) is 3.86. The Morgan fingerprint density at radius 2 is 1.15 bits per heavy atom. The summed E-state index contributed by atoms with van der Waals surface area (Å²) in [6, 6.07) is 23.7. The minimum atomic E-state index is -1.18. The summed E-state index contributed by atoms with van der Waals surface area (Å²) in [6.45, 7) is 0.226. The highest BCUT2D eigenvalue weighted by atomic mass is 35.5. The second kappa shape index (κ2) is 10.1. The van der Waals surface area contributed by atoms with Gasteiger partial charge in [-0.3, -0.25) is 34.9 Å². The van der Waals surface area contributed by atoms with E-state index in [1.807, 2.05) is 48.5 Å². The highest BCUT2D eigenvalue weighted by Gasteiger charge is 2.72. The highest BCUT2D eigenvalue weighted by Crippen LogP contribution is 2.69. The predicted octanol–water partition coefficient (Wildman–Crippen LogP) is 4.60.